The van der Waals surface area contributed by atoms with E-state index in [1.165, 1.54) is 5.56 Å². The van der Waals surface area contributed by atoms with E-state index in [1.807, 2.05) is 12.1 Å². The maximum Gasteiger partial charge on any atom is 0.0468 e. The average Bonchev–Trinajstić information content (AvgIpc) is 2.33. The zero-order valence-electron chi connectivity index (χ0n) is 10.1. The largest absolute Gasteiger partial charge is 0.381 e. The molecule has 1 aliphatic heterocycles. The van der Waals surface area contributed by atoms with Gasteiger partial charge in [-0.05, 0) is 49.3 Å². The predicted octanol–water partition coefficient (Wildman–Crippen LogP) is 3.03. The van der Waals surface area contributed by atoms with E-state index in [-0.39, 0.29) is 6.04 Å². The normalized spacial score (nSPS) is 19.2. The highest BCUT2D eigenvalue weighted by molar-refractivity contribution is 6.30. The standard InChI is InChI=1S/C14H20ClNO/c15-13-3-1-11(2-4-13)9-14(16)10-12-5-7-17-8-6-12/h1-4,12,14H,5-10,16H2. The number of halogens is 1. The van der Waals surface area contributed by atoms with Gasteiger partial charge in [0.2, 0.25) is 0 Å². The zero-order valence-corrected chi connectivity index (χ0v) is 10.8. The van der Waals surface area contributed by atoms with Crippen LogP contribution < -0.4 is 5.73 Å². The molecular formula is C14H20ClNO. The first-order chi connectivity index (χ1) is 8.24. The van der Waals surface area contributed by atoms with Gasteiger partial charge in [-0.2, -0.15) is 0 Å². The highest BCUT2D eigenvalue weighted by Crippen LogP contribution is 2.21. The molecule has 2 nitrogen and oxygen atoms in total. The van der Waals surface area contributed by atoms with Gasteiger partial charge in [-0.15, -0.1) is 0 Å². The van der Waals surface area contributed by atoms with Gasteiger partial charge in [0.25, 0.3) is 0 Å². The summed E-state index contributed by atoms with van der Waals surface area (Å²) in [5.41, 5.74) is 7.47. The van der Waals surface area contributed by atoms with Crippen molar-refractivity contribution >= 4 is 11.6 Å². The van der Waals surface area contributed by atoms with Crippen molar-refractivity contribution in [2.75, 3.05) is 13.2 Å². The van der Waals surface area contributed by atoms with Crippen molar-refractivity contribution in [1.29, 1.82) is 0 Å². The van der Waals surface area contributed by atoms with E-state index < -0.39 is 0 Å². The Morgan fingerprint density at radius 2 is 1.88 bits per heavy atom. The molecule has 2 rings (SSSR count). The van der Waals surface area contributed by atoms with E-state index >= 15 is 0 Å². The molecule has 0 bridgehead atoms. The fourth-order valence-corrected chi connectivity index (χ4v) is 2.54. The first-order valence-corrected chi connectivity index (χ1v) is 6.69. The topological polar surface area (TPSA) is 35.2 Å². The summed E-state index contributed by atoms with van der Waals surface area (Å²) in [6.45, 7) is 1.80. The lowest BCUT2D eigenvalue weighted by molar-refractivity contribution is 0.0619. The van der Waals surface area contributed by atoms with Crippen LogP contribution in [-0.4, -0.2) is 19.3 Å². The van der Waals surface area contributed by atoms with Gasteiger partial charge in [0, 0.05) is 24.3 Å². The quantitative estimate of drug-likeness (QED) is 0.895. The van der Waals surface area contributed by atoms with E-state index in [4.69, 9.17) is 22.1 Å². The van der Waals surface area contributed by atoms with E-state index in [9.17, 15) is 0 Å². The monoisotopic (exact) mass is 253 g/mol. The second-order valence-corrected chi connectivity index (χ2v) is 5.32. The third kappa shape index (κ3) is 4.30. The fourth-order valence-electron chi connectivity index (χ4n) is 2.42. The summed E-state index contributed by atoms with van der Waals surface area (Å²) in [6.07, 6.45) is 4.36. The number of benzene rings is 1. The Kier molecular flexibility index (Phi) is 4.84. The van der Waals surface area contributed by atoms with Crippen LogP contribution in [0, 0.1) is 5.92 Å². The third-order valence-corrected chi connectivity index (χ3v) is 3.64. The average molecular weight is 254 g/mol. The minimum Gasteiger partial charge on any atom is -0.381 e. The van der Waals surface area contributed by atoms with Gasteiger partial charge in [-0.25, -0.2) is 0 Å². The van der Waals surface area contributed by atoms with Crippen LogP contribution >= 0.6 is 11.6 Å². The first-order valence-electron chi connectivity index (χ1n) is 6.32. The van der Waals surface area contributed by atoms with Crippen molar-refractivity contribution in [2.24, 2.45) is 11.7 Å². The van der Waals surface area contributed by atoms with Crippen molar-refractivity contribution < 1.29 is 4.74 Å². The summed E-state index contributed by atoms with van der Waals surface area (Å²) in [6, 6.07) is 8.23. The zero-order chi connectivity index (χ0) is 12.1. The van der Waals surface area contributed by atoms with Gasteiger partial charge in [0.1, 0.15) is 0 Å². The molecule has 0 aromatic heterocycles. The number of hydrogen-bond acceptors (Lipinski definition) is 2. The molecule has 1 heterocycles. The molecule has 1 aliphatic rings. The van der Waals surface area contributed by atoms with E-state index in [0.717, 1.165) is 49.8 Å². The minimum atomic E-state index is 0.249. The highest BCUT2D eigenvalue weighted by atomic mass is 35.5. The fraction of sp³-hybridized carbons (Fsp3) is 0.571. The number of rotatable bonds is 4. The summed E-state index contributed by atoms with van der Waals surface area (Å²) < 4.78 is 5.36. The SMILES string of the molecule is NC(Cc1ccc(Cl)cc1)CC1CCOCC1. The second-order valence-electron chi connectivity index (χ2n) is 4.88. The summed E-state index contributed by atoms with van der Waals surface area (Å²) in [4.78, 5) is 0. The summed E-state index contributed by atoms with van der Waals surface area (Å²) in [7, 11) is 0. The molecule has 17 heavy (non-hydrogen) atoms. The van der Waals surface area contributed by atoms with Crippen molar-refractivity contribution in [1.82, 2.24) is 0 Å². The van der Waals surface area contributed by atoms with Crippen LogP contribution in [0.5, 0.6) is 0 Å². The molecule has 0 amide bonds. The lowest BCUT2D eigenvalue weighted by Gasteiger charge is -2.24. The van der Waals surface area contributed by atoms with Crippen molar-refractivity contribution in [3.63, 3.8) is 0 Å². The summed E-state index contributed by atoms with van der Waals surface area (Å²) in [5, 5.41) is 0.784. The van der Waals surface area contributed by atoms with Gasteiger partial charge in [-0.1, -0.05) is 23.7 Å². The van der Waals surface area contributed by atoms with Gasteiger partial charge in [0.15, 0.2) is 0 Å². The molecule has 0 radical (unpaired) electrons. The van der Waals surface area contributed by atoms with Crippen molar-refractivity contribution in [2.45, 2.75) is 31.7 Å². The molecule has 1 aromatic carbocycles. The van der Waals surface area contributed by atoms with Crippen LogP contribution in [0.15, 0.2) is 24.3 Å². The van der Waals surface area contributed by atoms with Gasteiger partial charge in [-0.3, -0.25) is 0 Å². The molecule has 1 unspecified atom stereocenters. The smallest absolute Gasteiger partial charge is 0.0468 e. The molecule has 1 saturated heterocycles. The summed E-state index contributed by atoms with van der Waals surface area (Å²) in [5.74, 6) is 0.742. The van der Waals surface area contributed by atoms with Crippen LogP contribution in [-0.2, 0) is 11.2 Å². The second kappa shape index (κ2) is 6.39. The van der Waals surface area contributed by atoms with Crippen LogP contribution in [0.25, 0.3) is 0 Å². The van der Waals surface area contributed by atoms with E-state index in [1.54, 1.807) is 0 Å². The lowest BCUT2D eigenvalue weighted by atomic mass is 9.90. The molecule has 0 spiro atoms. The molecule has 1 aromatic rings. The maximum absolute atomic E-state index is 6.20. The molecule has 0 saturated carbocycles. The Balaban J connectivity index is 1.79. The van der Waals surface area contributed by atoms with Gasteiger partial charge < -0.3 is 10.5 Å². The molecule has 0 aliphatic carbocycles. The number of nitrogens with two attached hydrogens (primary N) is 1. The Morgan fingerprint density at radius 3 is 2.53 bits per heavy atom. The van der Waals surface area contributed by atoms with Gasteiger partial charge >= 0.3 is 0 Å². The molecule has 2 N–H and O–H groups in total. The Labute approximate surface area is 108 Å². The predicted molar refractivity (Wildman–Crippen MR) is 71.3 cm³/mol. The van der Waals surface area contributed by atoms with Crippen LogP contribution in [0.4, 0.5) is 0 Å². The van der Waals surface area contributed by atoms with Crippen LogP contribution in [0.2, 0.25) is 5.02 Å². The maximum atomic E-state index is 6.20. The van der Waals surface area contributed by atoms with Crippen LogP contribution in [0.1, 0.15) is 24.8 Å². The van der Waals surface area contributed by atoms with Crippen LogP contribution in [0.3, 0.4) is 0 Å². The Hall–Kier alpha value is -0.570. The van der Waals surface area contributed by atoms with Crippen molar-refractivity contribution in [3.05, 3.63) is 34.9 Å². The molecule has 3 heteroatoms. The highest BCUT2D eigenvalue weighted by Gasteiger charge is 2.17. The van der Waals surface area contributed by atoms with E-state index in [2.05, 4.69) is 12.1 Å². The Bertz CT molecular complexity index is 333. The van der Waals surface area contributed by atoms with Crippen molar-refractivity contribution in [3.8, 4) is 0 Å². The first kappa shape index (κ1) is 12.9. The molecular weight excluding hydrogens is 234 g/mol. The number of hydrogen-bond donors (Lipinski definition) is 1. The minimum absolute atomic E-state index is 0.249. The molecule has 94 valence electrons. The number of ether oxygens (including phenoxy) is 1. The third-order valence-electron chi connectivity index (χ3n) is 3.39. The van der Waals surface area contributed by atoms with Gasteiger partial charge in [0.05, 0.1) is 0 Å². The van der Waals surface area contributed by atoms with E-state index in [0.29, 0.717) is 0 Å². The Morgan fingerprint density at radius 1 is 1.24 bits per heavy atom. The molecule has 1 fully saturated rings. The lowest BCUT2D eigenvalue weighted by Crippen LogP contribution is -2.28. The summed E-state index contributed by atoms with van der Waals surface area (Å²) >= 11 is 5.86. The molecule has 1 atom stereocenters.